The molecule has 26 heavy (non-hydrogen) atoms. The quantitative estimate of drug-likeness (QED) is 0.846. The number of hydrogen-bond donors (Lipinski definition) is 1. The standard InChI is InChI=1S/C19H26N2O4S/c1-3-18(22)20-10-15-16-11-21(12-19(16)9-8-17(15)25-19)26(23,24)14-6-4-13(2)5-7-14/h4-7,15-17H,3,8-12H2,1-2H3,(H,20,22)/t15-,16+,17+,19+/m0/s1. The van der Waals surface area contributed by atoms with Gasteiger partial charge in [0.2, 0.25) is 15.9 Å². The number of aryl methyl sites for hydroxylation is 1. The number of carbonyl (C=O) groups is 1. The molecule has 0 radical (unpaired) electrons. The smallest absolute Gasteiger partial charge is 0.243 e. The van der Waals surface area contributed by atoms with Gasteiger partial charge in [-0.15, -0.1) is 0 Å². The minimum absolute atomic E-state index is 0.0314. The Hall–Kier alpha value is -1.44. The van der Waals surface area contributed by atoms with Gasteiger partial charge in [0.05, 0.1) is 16.6 Å². The van der Waals surface area contributed by atoms with Gasteiger partial charge in [-0.25, -0.2) is 8.42 Å². The number of sulfonamides is 1. The normalized spacial score (nSPS) is 33.4. The van der Waals surface area contributed by atoms with Crippen molar-refractivity contribution in [3.8, 4) is 0 Å². The highest BCUT2D eigenvalue weighted by Crippen LogP contribution is 2.55. The van der Waals surface area contributed by atoms with Gasteiger partial charge in [-0.2, -0.15) is 4.31 Å². The molecule has 2 bridgehead atoms. The minimum Gasteiger partial charge on any atom is -0.370 e. The van der Waals surface area contributed by atoms with Crippen LogP contribution < -0.4 is 5.32 Å². The second-order valence-corrected chi connectivity index (χ2v) is 9.74. The predicted octanol–water partition coefficient (Wildman–Crippen LogP) is 1.69. The molecule has 1 aromatic carbocycles. The zero-order valence-corrected chi connectivity index (χ0v) is 16.1. The monoisotopic (exact) mass is 378 g/mol. The van der Waals surface area contributed by atoms with Crippen molar-refractivity contribution in [2.45, 2.75) is 49.7 Å². The molecule has 3 aliphatic heterocycles. The minimum atomic E-state index is -3.52. The number of nitrogens with zero attached hydrogens (tertiary/aromatic N) is 1. The van der Waals surface area contributed by atoms with Crippen molar-refractivity contribution in [1.82, 2.24) is 9.62 Å². The van der Waals surface area contributed by atoms with Crippen LogP contribution in [0.2, 0.25) is 0 Å². The van der Waals surface area contributed by atoms with E-state index in [0.29, 0.717) is 31.0 Å². The van der Waals surface area contributed by atoms with E-state index in [1.165, 1.54) is 0 Å². The van der Waals surface area contributed by atoms with Gasteiger partial charge in [-0.1, -0.05) is 24.6 Å². The first-order valence-electron chi connectivity index (χ1n) is 9.37. The lowest BCUT2D eigenvalue weighted by Crippen LogP contribution is -2.41. The first kappa shape index (κ1) is 17.9. The fourth-order valence-corrected chi connectivity index (χ4v) is 6.34. The molecule has 3 aliphatic rings. The van der Waals surface area contributed by atoms with E-state index < -0.39 is 10.0 Å². The molecular formula is C19H26N2O4S. The molecule has 1 aromatic rings. The van der Waals surface area contributed by atoms with E-state index in [1.54, 1.807) is 16.4 Å². The van der Waals surface area contributed by atoms with Gasteiger partial charge in [0.15, 0.2) is 0 Å². The fourth-order valence-electron chi connectivity index (χ4n) is 4.82. The van der Waals surface area contributed by atoms with Gasteiger partial charge in [0.25, 0.3) is 0 Å². The SMILES string of the molecule is CCC(=O)NC[C@H]1[C@H]2CN(S(=O)(=O)c3ccc(C)cc3)C[C@]23CC[C@H]1O3. The van der Waals surface area contributed by atoms with E-state index in [0.717, 1.165) is 18.4 Å². The lowest BCUT2D eigenvalue weighted by atomic mass is 9.73. The van der Waals surface area contributed by atoms with E-state index in [-0.39, 0.29) is 29.4 Å². The van der Waals surface area contributed by atoms with Crippen LogP contribution in [0.1, 0.15) is 31.7 Å². The molecule has 6 nitrogen and oxygen atoms in total. The van der Waals surface area contributed by atoms with E-state index in [1.807, 2.05) is 26.0 Å². The van der Waals surface area contributed by atoms with E-state index in [2.05, 4.69) is 5.32 Å². The third-order valence-corrected chi connectivity index (χ3v) is 8.09. The van der Waals surface area contributed by atoms with Crippen LogP contribution >= 0.6 is 0 Å². The maximum absolute atomic E-state index is 13.1. The zero-order chi connectivity index (χ0) is 18.5. The number of amides is 1. The second kappa shape index (κ2) is 6.32. The van der Waals surface area contributed by atoms with Crippen LogP contribution in [0.3, 0.4) is 0 Å². The summed E-state index contributed by atoms with van der Waals surface area (Å²) in [5, 5.41) is 2.97. The first-order chi connectivity index (χ1) is 12.4. The molecule has 4 atom stereocenters. The summed E-state index contributed by atoms with van der Waals surface area (Å²) in [6.45, 7) is 5.24. The highest BCUT2D eigenvalue weighted by Gasteiger charge is 2.64. The molecule has 142 valence electrons. The molecule has 0 unspecified atom stereocenters. The molecule has 1 N–H and O–H groups in total. The Morgan fingerprint density at radius 2 is 2.08 bits per heavy atom. The lowest BCUT2D eigenvalue weighted by molar-refractivity contribution is -0.121. The zero-order valence-electron chi connectivity index (χ0n) is 15.3. The van der Waals surface area contributed by atoms with Crippen molar-refractivity contribution >= 4 is 15.9 Å². The first-order valence-corrected chi connectivity index (χ1v) is 10.8. The van der Waals surface area contributed by atoms with Gasteiger partial charge < -0.3 is 10.1 Å². The van der Waals surface area contributed by atoms with Crippen molar-refractivity contribution in [3.63, 3.8) is 0 Å². The van der Waals surface area contributed by atoms with Crippen molar-refractivity contribution in [2.24, 2.45) is 11.8 Å². The van der Waals surface area contributed by atoms with Gasteiger partial charge in [-0.3, -0.25) is 4.79 Å². The van der Waals surface area contributed by atoms with Crippen LogP contribution in [0, 0.1) is 18.8 Å². The largest absolute Gasteiger partial charge is 0.370 e. The van der Waals surface area contributed by atoms with Gasteiger partial charge in [0.1, 0.15) is 0 Å². The molecule has 1 amide bonds. The maximum atomic E-state index is 13.1. The summed E-state index contributed by atoms with van der Waals surface area (Å²) in [4.78, 5) is 12.0. The third-order valence-electron chi connectivity index (χ3n) is 6.27. The summed E-state index contributed by atoms with van der Waals surface area (Å²) >= 11 is 0. The van der Waals surface area contributed by atoms with Crippen LogP contribution in [0.4, 0.5) is 0 Å². The number of ether oxygens (including phenoxy) is 1. The van der Waals surface area contributed by atoms with Crippen molar-refractivity contribution in [2.75, 3.05) is 19.6 Å². The summed E-state index contributed by atoms with van der Waals surface area (Å²) < 4.78 is 34.0. The molecule has 0 aromatic heterocycles. The highest BCUT2D eigenvalue weighted by atomic mass is 32.2. The summed E-state index contributed by atoms with van der Waals surface area (Å²) in [5.74, 6) is 0.375. The Balaban J connectivity index is 1.54. The van der Waals surface area contributed by atoms with Crippen molar-refractivity contribution < 1.29 is 17.9 Å². The Morgan fingerprint density at radius 3 is 2.77 bits per heavy atom. The van der Waals surface area contributed by atoms with E-state index in [9.17, 15) is 13.2 Å². The maximum Gasteiger partial charge on any atom is 0.243 e. The van der Waals surface area contributed by atoms with E-state index >= 15 is 0 Å². The number of rotatable bonds is 5. The number of fused-ring (bicyclic) bond motifs is 1. The molecule has 3 heterocycles. The molecule has 0 aliphatic carbocycles. The van der Waals surface area contributed by atoms with Gasteiger partial charge in [0, 0.05) is 37.9 Å². The van der Waals surface area contributed by atoms with Crippen molar-refractivity contribution in [3.05, 3.63) is 29.8 Å². The summed E-state index contributed by atoms with van der Waals surface area (Å²) in [6, 6.07) is 7.00. The van der Waals surface area contributed by atoms with E-state index in [4.69, 9.17) is 4.74 Å². The number of nitrogens with one attached hydrogen (secondary N) is 1. The summed E-state index contributed by atoms with van der Waals surface area (Å²) in [6.07, 6.45) is 2.45. The lowest BCUT2D eigenvalue weighted by Gasteiger charge is -2.29. The Kier molecular flexibility index (Phi) is 4.36. The molecular weight excluding hydrogens is 352 g/mol. The molecule has 4 rings (SSSR count). The molecule has 3 saturated heterocycles. The van der Waals surface area contributed by atoms with Crippen LogP contribution in [0.15, 0.2) is 29.2 Å². The Morgan fingerprint density at radius 1 is 1.35 bits per heavy atom. The van der Waals surface area contributed by atoms with Crippen molar-refractivity contribution in [1.29, 1.82) is 0 Å². The summed E-state index contributed by atoms with van der Waals surface area (Å²) in [7, 11) is -3.52. The van der Waals surface area contributed by atoms with Gasteiger partial charge >= 0.3 is 0 Å². The topological polar surface area (TPSA) is 75.7 Å². The predicted molar refractivity (Wildman–Crippen MR) is 97.1 cm³/mol. The Bertz CT molecular complexity index is 807. The number of hydrogen-bond acceptors (Lipinski definition) is 4. The fraction of sp³-hybridized carbons (Fsp3) is 0.632. The van der Waals surface area contributed by atoms with Gasteiger partial charge in [-0.05, 0) is 31.9 Å². The molecule has 0 saturated carbocycles. The highest BCUT2D eigenvalue weighted by molar-refractivity contribution is 7.89. The number of benzene rings is 1. The average Bonchev–Trinajstić information content (AvgIpc) is 3.28. The molecule has 3 fully saturated rings. The van der Waals surface area contributed by atoms with Crippen LogP contribution in [-0.2, 0) is 19.6 Å². The molecule has 7 heteroatoms. The summed E-state index contributed by atoms with van der Waals surface area (Å²) in [5.41, 5.74) is 0.666. The second-order valence-electron chi connectivity index (χ2n) is 7.80. The van der Waals surface area contributed by atoms with Crippen LogP contribution in [0.25, 0.3) is 0 Å². The molecule has 1 spiro atoms. The third kappa shape index (κ3) is 2.77. The van der Waals surface area contributed by atoms with Crippen LogP contribution in [-0.4, -0.2) is 50.0 Å². The average molecular weight is 378 g/mol. The number of carbonyl (C=O) groups excluding carboxylic acids is 1. The van der Waals surface area contributed by atoms with Crippen LogP contribution in [0.5, 0.6) is 0 Å². The Labute approximate surface area is 155 Å².